The Balaban J connectivity index is 1.52. The zero-order chi connectivity index (χ0) is 12.3. The zero-order valence-corrected chi connectivity index (χ0v) is 11.3. The molecule has 0 saturated carbocycles. The van der Waals surface area contributed by atoms with Crippen molar-refractivity contribution in [3.05, 3.63) is 0 Å². The number of hydrazine groups is 1. The maximum absolute atomic E-state index is 6.09. The minimum absolute atomic E-state index is 0.115. The van der Waals surface area contributed by atoms with Crippen LogP contribution in [0, 0.1) is 0 Å². The highest BCUT2D eigenvalue weighted by Crippen LogP contribution is 2.34. The molecule has 18 heavy (non-hydrogen) atoms. The average molecular weight is 254 g/mol. The van der Waals surface area contributed by atoms with Crippen LogP contribution in [-0.4, -0.2) is 49.6 Å². The monoisotopic (exact) mass is 254 g/mol. The number of piperidine rings is 1. The number of nitrogens with one attached hydrogen (secondary N) is 1. The highest BCUT2D eigenvalue weighted by molar-refractivity contribution is 4.91. The molecule has 3 fully saturated rings. The summed E-state index contributed by atoms with van der Waals surface area (Å²) in [7, 11) is 0. The van der Waals surface area contributed by atoms with Gasteiger partial charge >= 0.3 is 0 Å². The van der Waals surface area contributed by atoms with Crippen LogP contribution in [0.4, 0.5) is 0 Å². The van der Waals surface area contributed by atoms with E-state index >= 15 is 0 Å². The number of hydrogen-bond acceptors (Lipinski definition) is 4. The number of rotatable bonds is 2. The van der Waals surface area contributed by atoms with E-state index < -0.39 is 0 Å². The lowest BCUT2D eigenvalue weighted by Crippen LogP contribution is -2.54. The van der Waals surface area contributed by atoms with Crippen molar-refractivity contribution in [1.82, 2.24) is 10.4 Å². The second-order valence-electron chi connectivity index (χ2n) is 6.01. The lowest BCUT2D eigenvalue weighted by Gasteiger charge is -2.45. The Morgan fingerprint density at radius 1 is 1.00 bits per heavy atom. The van der Waals surface area contributed by atoms with Gasteiger partial charge in [0, 0.05) is 39.0 Å². The lowest BCUT2D eigenvalue weighted by atomic mass is 9.84. The van der Waals surface area contributed by atoms with Crippen molar-refractivity contribution in [2.75, 3.05) is 32.9 Å². The molecular formula is C14H26N2O2. The van der Waals surface area contributed by atoms with Gasteiger partial charge in [-0.3, -0.25) is 5.43 Å². The van der Waals surface area contributed by atoms with Crippen molar-refractivity contribution in [2.45, 2.75) is 56.6 Å². The first kappa shape index (κ1) is 12.9. The standard InChI is InChI=1S/C14H26N2O2/c1-2-7-16(8-3-1)15-13-4-9-18-14(12-13)5-10-17-11-6-14/h13,15H,1-12H2. The summed E-state index contributed by atoms with van der Waals surface area (Å²) in [5, 5.41) is 2.44. The summed E-state index contributed by atoms with van der Waals surface area (Å²) in [6.45, 7) is 5.08. The first-order valence-electron chi connectivity index (χ1n) is 7.59. The summed E-state index contributed by atoms with van der Waals surface area (Å²) < 4.78 is 11.6. The van der Waals surface area contributed by atoms with Gasteiger partial charge in [-0.25, -0.2) is 5.01 Å². The van der Waals surface area contributed by atoms with Gasteiger partial charge in [0.15, 0.2) is 0 Å². The van der Waals surface area contributed by atoms with E-state index in [1.54, 1.807) is 0 Å². The molecule has 0 radical (unpaired) electrons. The van der Waals surface area contributed by atoms with Gasteiger partial charge < -0.3 is 9.47 Å². The third-order valence-electron chi connectivity index (χ3n) is 4.62. The first-order valence-corrected chi connectivity index (χ1v) is 7.59. The molecule has 0 aromatic carbocycles. The minimum Gasteiger partial charge on any atom is -0.381 e. The topological polar surface area (TPSA) is 33.7 Å². The smallest absolute Gasteiger partial charge is 0.0741 e. The molecule has 104 valence electrons. The van der Waals surface area contributed by atoms with Crippen LogP contribution in [0.5, 0.6) is 0 Å². The maximum atomic E-state index is 6.09. The molecule has 4 nitrogen and oxygen atoms in total. The van der Waals surface area contributed by atoms with E-state index in [1.165, 1.54) is 32.4 Å². The molecule has 3 saturated heterocycles. The first-order chi connectivity index (χ1) is 8.86. The predicted molar refractivity (Wildman–Crippen MR) is 70.3 cm³/mol. The van der Waals surface area contributed by atoms with Gasteiger partial charge in [0.1, 0.15) is 0 Å². The van der Waals surface area contributed by atoms with E-state index in [0.29, 0.717) is 6.04 Å². The van der Waals surface area contributed by atoms with Gasteiger partial charge in [0.05, 0.1) is 5.60 Å². The molecule has 1 atom stereocenters. The fourth-order valence-corrected chi connectivity index (χ4v) is 3.51. The Morgan fingerprint density at radius 3 is 2.56 bits per heavy atom. The van der Waals surface area contributed by atoms with E-state index in [4.69, 9.17) is 9.47 Å². The molecule has 0 aromatic rings. The van der Waals surface area contributed by atoms with E-state index in [2.05, 4.69) is 10.4 Å². The summed E-state index contributed by atoms with van der Waals surface area (Å²) >= 11 is 0. The second kappa shape index (κ2) is 5.87. The molecule has 1 unspecified atom stereocenters. The molecule has 0 aliphatic carbocycles. The maximum Gasteiger partial charge on any atom is 0.0741 e. The van der Waals surface area contributed by atoms with Gasteiger partial charge in [-0.1, -0.05) is 6.42 Å². The number of nitrogens with zero attached hydrogens (tertiary/aromatic N) is 1. The van der Waals surface area contributed by atoms with Gasteiger partial charge in [0.2, 0.25) is 0 Å². The van der Waals surface area contributed by atoms with Gasteiger partial charge in [-0.15, -0.1) is 0 Å². The SMILES string of the molecule is C1CCN(NC2CCOC3(CCOCC3)C2)CC1. The highest BCUT2D eigenvalue weighted by atomic mass is 16.5. The molecule has 1 spiro atoms. The molecule has 3 heterocycles. The Labute approximate surface area is 110 Å². The van der Waals surface area contributed by atoms with Crippen LogP contribution in [0.1, 0.15) is 44.9 Å². The van der Waals surface area contributed by atoms with E-state index in [9.17, 15) is 0 Å². The quantitative estimate of drug-likeness (QED) is 0.813. The molecule has 3 rings (SSSR count). The fourth-order valence-electron chi connectivity index (χ4n) is 3.51. The normalized spacial score (nSPS) is 33.7. The van der Waals surface area contributed by atoms with E-state index in [0.717, 1.165) is 45.5 Å². The van der Waals surface area contributed by atoms with Gasteiger partial charge in [-0.05, 0) is 38.5 Å². The van der Waals surface area contributed by atoms with Crippen LogP contribution in [-0.2, 0) is 9.47 Å². The summed E-state index contributed by atoms with van der Waals surface area (Å²) in [5.41, 5.74) is 3.86. The largest absolute Gasteiger partial charge is 0.381 e. The summed E-state index contributed by atoms with van der Waals surface area (Å²) in [6.07, 6.45) is 8.54. The Bertz CT molecular complexity index is 255. The third kappa shape index (κ3) is 3.05. The van der Waals surface area contributed by atoms with Crippen molar-refractivity contribution < 1.29 is 9.47 Å². The molecular weight excluding hydrogens is 228 g/mol. The number of ether oxygens (including phenoxy) is 2. The number of hydrogen-bond donors (Lipinski definition) is 1. The van der Waals surface area contributed by atoms with Crippen molar-refractivity contribution in [3.8, 4) is 0 Å². The lowest BCUT2D eigenvalue weighted by molar-refractivity contribution is -0.145. The Hall–Kier alpha value is -0.160. The summed E-state index contributed by atoms with van der Waals surface area (Å²) in [4.78, 5) is 0. The van der Waals surface area contributed by atoms with Crippen LogP contribution in [0.25, 0.3) is 0 Å². The van der Waals surface area contributed by atoms with Gasteiger partial charge in [-0.2, -0.15) is 0 Å². The summed E-state index contributed by atoms with van der Waals surface area (Å²) in [6, 6.07) is 0.606. The van der Waals surface area contributed by atoms with Crippen LogP contribution >= 0.6 is 0 Å². The van der Waals surface area contributed by atoms with Crippen molar-refractivity contribution in [1.29, 1.82) is 0 Å². The fraction of sp³-hybridized carbons (Fsp3) is 1.00. The predicted octanol–water partition coefficient (Wildman–Crippen LogP) is 1.71. The zero-order valence-electron chi connectivity index (χ0n) is 11.3. The van der Waals surface area contributed by atoms with Crippen molar-refractivity contribution in [2.24, 2.45) is 0 Å². The Morgan fingerprint density at radius 2 is 1.78 bits per heavy atom. The van der Waals surface area contributed by atoms with Crippen molar-refractivity contribution >= 4 is 0 Å². The van der Waals surface area contributed by atoms with E-state index in [1.807, 2.05) is 0 Å². The average Bonchev–Trinajstić information content (AvgIpc) is 2.41. The van der Waals surface area contributed by atoms with Crippen LogP contribution < -0.4 is 5.43 Å². The summed E-state index contributed by atoms with van der Waals surface area (Å²) in [5.74, 6) is 0. The van der Waals surface area contributed by atoms with Crippen LogP contribution in [0.2, 0.25) is 0 Å². The molecule has 0 aromatic heterocycles. The second-order valence-corrected chi connectivity index (χ2v) is 6.01. The van der Waals surface area contributed by atoms with Gasteiger partial charge in [0.25, 0.3) is 0 Å². The highest BCUT2D eigenvalue weighted by Gasteiger charge is 2.39. The molecule has 4 heteroatoms. The Kier molecular flexibility index (Phi) is 4.19. The van der Waals surface area contributed by atoms with Crippen molar-refractivity contribution in [3.63, 3.8) is 0 Å². The molecule has 3 aliphatic rings. The molecule has 1 N–H and O–H groups in total. The van der Waals surface area contributed by atoms with Crippen LogP contribution in [0.15, 0.2) is 0 Å². The third-order valence-corrected chi connectivity index (χ3v) is 4.62. The van der Waals surface area contributed by atoms with Crippen LogP contribution in [0.3, 0.4) is 0 Å². The molecule has 0 amide bonds. The van der Waals surface area contributed by atoms with E-state index in [-0.39, 0.29) is 5.60 Å². The molecule has 0 bridgehead atoms. The molecule has 3 aliphatic heterocycles. The minimum atomic E-state index is 0.115.